The summed E-state index contributed by atoms with van der Waals surface area (Å²) in [5.74, 6) is 0.0548. The number of oxime groups is 1. The van der Waals surface area contributed by atoms with Crippen molar-refractivity contribution in [2.75, 3.05) is 0 Å². The van der Waals surface area contributed by atoms with E-state index in [0.29, 0.717) is 21.8 Å². The van der Waals surface area contributed by atoms with Gasteiger partial charge in [0.2, 0.25) is 5.16 Å². The van der Waals surface area contributed by atoms with Gasteiger partial charge < -0.3 is 10.9 Å². The second-order valence-corrected chi connectivity index (χ2v) is 5.55. The van der Waals surface area contributed by atoms with Gasteiger partial charge in [-0.15, -0.1) is 5.10 Å². The van der Waals surface area contributed by atoms with Gasteiger partial charge in [-0.1, -0.05) is 5.16 Å². The Morgan fingerprint density at radius 1 is 1.50 bits per heavy atom. The third-order valence-corrected chi connectivity index (χ3v) is 3.75. The molecule has 1 aliphatic carbocycles. The smallest absolute Gasteiger partial charge is 0.215 e. The van der Waals surface area contributed by atoms with Crippen molar-refractivity contribution in [2.24, 2.45) is 10.9 Å². The summed E-state index contributed by atoms with van der Waals surface area (Å²) in [7, 11) is 0. The lowest BCUT2D eigenvalue weighted by atomic mass is 10.2. The van der Waals surface area contributed by atoms with E-state index in [1.807, 2.05) is 11.6 Å². The number of nitrogens with two attached hydrogens (primary N) is 1. The summed E-state index contributed by atoms with van der Waals surface area (Å²) in [6, 6.07) is 3.91. The maximum atomic E-state index is 8.75. The molecule has 20 heavy (non-hydrogen) atoms. The zero-order chi connectivity index (χ0) is 14.1. The maximum Gasteiger partial charge on any atom is 0.215 e. The minimum atomic E-state index is 0.0548. The second-order valence-electron chi connectivity index (χ2n) is 4.56. The molecular weight excluding hydrogens is 278 g/mol. The number of aromatic nitrogens is 5. The summed E-state index contributed by atoms with van der Waals surface area (Å²) in [5.41, 5.74) is 7.01. The van der Waals surface area contributed by atoms with Crippen molar-refractivity contribution in [3.05, 3.63) is 23.4 Å². The Bertz CT molecular complexity index is 665. The van der Waals surface area contributed by atoms with Gasteiger partial charge in [-0.2, -0.15) is 0 Å². The number of aryl methyl sites for hydroxylation is 1. The van der Waals surface area contributed by atoms with E-state index >= 15 is 0 Å². The first-order valence-electron chi connectivity index (χ1n) is 6.09. The molecule has 1 fully saturated rings. The Kier molecular flexibility index (Phi) is 3.26. The average Bonchev–Trinajstić information content (AvgIpc) is 3.18. The van der Waals surface area contributed by atoms with E-state index in [0.717, 1.165) is 18.5 Å². The summed E-state index contributed by atoms with van der Waals surface area (Å²) in [5, 5.41) is 24.9. The topological polar surface area (TPSA) is 115 Å². The Hall–Kier alpha value is -2.16. The molecule has 0 radical (unpaired) electrons. The summed E-state index contributed by atoms with van der Waals surface area (Å²) >= 11 is 1.37. The minimum absolute atomic E-state index is 0.0548. The van der Waals surface area contributed by atoms with E-state index in [9.17, 15) is 0 Å². The third-order valence-electron chi connectivity index (χ3n) is 2.88. The van der Waals surface area contributed by atoms with Gasteiger partial charge in [0.1, 0.15) is 5.03 Å². The van der Waals surface area contributed by atoms with Crippen molar-refractivity contribution in [1.82, 2.24) is 25.2 Å². The van der Waals surface area contributed by atoms with E-state index in [4.69, 9.17) is 10.9 Å². The summed E-state index contributed by atoms with van der Waals surface area (Å²) in [4.78, 5) is 4.41. The van der Waals surface area contributed by atoms with Crippen LogP contribution in [0.2, 0.25) is 0 Å². The molecule has 3 rings (SSSR count). The Labute approximate surface area is 119 Å². The van der Waals surface area contributed by atoms with Gasteiger partial charge in [0.25, 0.3) is 0 Å². The molecule has 3 N–H and O–H groups in total. The van der Waals surface area contributed by atoms with Gasteiger partial charge >= 0.3 is 0 Å². The normalized spacial score (nSPS) is 15.6. The second kappa shape index (κ2) is 5.08. The van der Waals surface area contributed by atoms with Gasteiger partial charge in [-0.25, -0.2) is 9.67 Å². The average molecular weight is 291 g/mol. The van der Waals surface area contributed by atoms with Gasteiger partial charge in [0.05, 0.1) is 6.04 Å². The van der Waals surface area contributed by atoms with Crippen molar-refractivity contribution < 1.29 is 5.21 Å². The fourth-order valence-electron chi connectivity index (χ4n) is 1.79. The zero-order valence-corrected chi connectivity index (χ0v) is 11.6. The molecule has 2 aromatic rings. The SMILES string of the molecule is Cc1cc(/C(N)=N/O)cc(Sc2nnnn2C2CC2)n1. The first-order chi connectivity index (χ1) is 9.67. The number of hydrogen-bond donors (Lipinski definition) is 2. The number of hydrogen-bond acceptors (Lipinski definition) is 7. The molecule has 0 aliphatic heterocycles. The number of amidine groups is 1. The van der Waals surface area contributed by atoms with Crippen LogP contribution in [0.25, 0.3) is 0 Å². The molecule has 0 aromatic carbocycles. The molecule has 0 saturated heterocycles. The molecule has 0 amide bonds. The monoisotopic (exact) mass is 291 g/mol. The zero-order valence-electron chi connectivity index (χ0n) is 10.8. The first-order valence-corrected chi connectivity index (χ1v) is 6.91. The van der Waals surface area contributed by atoms with Gasteiger partial charge in [-0.3, -0.25) is 0 Å². The Morgan fingerprint density at radius 2 is 2.30 bits per heavy atom. The highest BCUT2D eigenvalue weighted by Crippen LogP contribution is 2.37. The first kappa shape index (κ1) is 12.9. The predicted molar refractivity (Wildman–Crippen MR) is 71.7 cm³/mol. The maximum absolute atomic E-state index is 8.75. The lowest BCUT2D eigenvalue weighted by molar-refractivity contribution is 0.318. The summed E-state index contributed by atoms with van der Waals surface area (Å²) in [6.07, 6.45) is 2.21. The molecule has 1 saturated carbocycles. The molecule has 2 heterocycles. The molecule has 2 aromatic heterocycles. The van der Waals surface area contributed by atoms with Crippen LogP contribution in [0.15, 0.2) is 27.5 Å². The van der Waals surface area contributed by atoms with Crippen molar-refractivity contribution in [1.29, 1.82) is 0 Å². The largest absolute Gasteiger partial charge is 0.409 e. The number of nitrogens with zero attached hydrogens (tertiary/aromatic N) is 6. The molecule has 8 nitrogen and oxygen atoms in total. The van der Waals surface area contributed by atoms with Crippen LogP contribution in [-0.2, 0) is 0 Å². The lowest BCUT2D eigenvalue weighted by Crippen LogP contribution is -2.13. The number of tetrazole rings is 1. The van der Waals surface area contributed by atoms with Crippen LogP contribution in [0.5, 0.6) is 0 Å². The van der Waals surface area contributed by atoms with Crippen LogP contribution < -0.4 is 5.73 Å². The van der Waals surface area contributed by atoms with Crippen molar-refractivity contribution >= 4 is 17.6 Å². The fourth-order valence-corrected chi connectivity index (χ4v) is 2.71. The molecule has 0 unspecified atom stereocenters. The van der Waals surface area contributed by atoms with Crippen molar-refractivity contribution in [3.63, 3.8) is 0 Å². The van der Waals surface area contributed by atoms with Crippen LogP contribution in [0, 0.1) is 6.92 Å². The Morgan fingerprint density at radius 3 is 3.00 bits per heavy atom. The predicted octanol–water partition coefficient (Wildman–Crippen LogP) is 0.957. The fraction of sp³-hybridized carbons (Fsp3) is 0.364. The highest BCUT2D eigenvalue weighted by molar-refractivity contribution is 7.99. The van der Waals surface area contributed by atoms with Crippen molar-refractivity contribution in [3.8, 4) is 0 Å². The van der Waals surface area contributed by atoms with Gasteiger partial charge in [0.15, 0.2) is 5.84 Å². The van der Waals surface area contributed by atoms with Crippen LogP contribution in [0.1, 0.15) is 30.1 Å². The van der Waals surface area contributed by atoms with Crippen LogP contribution in [-0.4, -0.2) is 36.2 Å². The quantitative estimate of drug-likeness (QED) is 0.373. The van der Waals surface area contributed by atoms with E-state index in [1.165, 1.54) is 11.8 Å². The van der Waals surface area contributed by atoms with E-state index in [2.05, 4.69) is 25.7 Å². The minimum Gasteiger partial charge on any atom is -0.409 e. The number of pyridine rings is 1. The molecule has 0 bridgehead atoms. The molecular formula is C11H13N7OS. The van der Waals surface area contributed by atoms with Crippen LogP contribution >= 0.6 is 11.8 Å². The molecule has 9 heteroatoms. The third kappa shape index (κ3) is 2.57. The van der Waals surface area contributed by atoms with Crippen LogP contribution in [0.4, 0.5) is 0 Å². The highest BCUT2D eigenvalue weighted by atomic mass is 32.2. The standard InChI is InChI=1S/C11H13N7OS/c1-6-4-7(10(12)15-19)5-9(13-6)20-11-14-16-17-18(11)8-2-3-8/h4-5,8,19H,2-3H2,1H3,(H2,12,15). The molecule has 0 atom stereocenters. The van der Waals surface area contributed by atoms with Crippen LogP contribution in [0.3, 0.4) is 0 Å². The van der Waals surface area contributed by atoms with E-state index in [-0.39, 0.29) is 5.84 Å². The van der Waals surface area contributed by atoms with Gasteiger partial charge in [-0.05, 0) is 54.1 Å². The summed E-state index contributed by atoms with van der Waals surface area (Å²) in [6.45, 7) is 1.85. The van der Waals surface area contributed by atoms with E-state index in [1.54, 1.807) is 12.1 Å². The molecule has 1 aliphatic rings. The highest BCUT2D eigenvalue weighted by Gasteiger charge is 2.28. The lowest BCUT2D eigenvalue weighted by Gasteiger charge is -2.05. The molecule has 104 valence electrons. The van der Waals surface area contributed by atoms with Gasteiger partial charge in [0, 0.05) is 11.3 Å². The Balaban J connectivity index is 1.90. The molecule has 0 spiro atoms. The van der Waals surface area contributed by atoms with Crippen molar-refractivity contribution in [2.45, 2.75) is 36.0 Å². The summed E-state index contributed by atoms with van der Waals surface area (Å²) < 4.78 is 1.82. The van der Waals surface area contributed by atoms with E-state index < -0.39 is 0 Å². The number of rotatable bonds is 4.